The molecule has 2 saturated carbocycles. The van der Waals surface area contributed by atoms with E-state index in [2.05, 4.69) is 20.8 Å². The minimum atomic E-state index is -0.681. The van der Waals surface area contributed by atoms with Gasteiger partial charge in [0.15, 0.2) is 5.79 Å². The minimum absolute atomic E-state index is 0.0551. The zero-order valence-corrected chi connectivity index (χ0v) is 14.8. The van der Waals surface area contributed by atoms with Crippen molar-refractivity contribution < 1.29 is 19.1 Å². The third kappa shape index (κ3) is 1.55. The van der Waals surface area contributed by atoms with E-state index in [1.807, 2.05) is 13.8 Å². The van der Waals surface area contributed by atoms with E-state index in [4.69, 9.17) is 9.47 Å². The smallest absolute Gasteiger partial charge is 0.172 e. The maximum atomic E-state index is 13.1. The fourth-order valence-electron chi connectivity index (χ4n) is 6.23. The molecule has 0 aromatic carbocycles. The van der Waals surface area contributed by atoms with E-state index in [0.29, 0.717) is 18.9 Å². The molecule has 4 rings (SSSR count). The Kier molecular flexibility index (Phi) is 3.05. The Morgan fingerprint density at radius 2 is 1.78 bits per heavy atom. The van der Waals surface area contributed by atoms with E-state index >= 15 is 0 Å². The third-order valence-corrected chi connectivity index (χ3v) is 7.84. The van der Waals surface area contributed by atoms with Crippen molar-refractivity contribution in [2.75, 3.05) is 6.61 Å². The standard InChI is InChI=1S/C19H28O4/c1-10-6-7-19(22-9-10)13(4)15-14(20)8-18(23-19)12(3)11(2)16(21)17(15,18)5/h10-13,15H,6-9H2,1-5H3/t10?,11?,12?,13-,15-,17-,18-,19+/m0/s1. The van der Waals surface area contributed by atoms with Crippen LogP contribution in [0.3, 0.4) is 0 Å². The zero-order chi connectivity index (χ0) is 16.8. The van der Waals surface area contributed by atoms with Gasteiger partial charge in [0.2, 0.25) is 0 Å². The number of Topliss-reactive ketones (excluding diaryl/α,β-unsaturated/α-hetero) is 2. The van der Waals surface area contributed by atoms with Crippen LogP contribution in [0, 0.1) is 35.0 Å². The fraction of sp³-hybridized carbons (Fsp3) is 0.895. The van der Waals surface area contributed by atoms with E-state index in [9.17, 15) is 9.59 Å². The molecule has 2 heterocycles. The van der Waals surface area contributed by atoms with Crippen molar-refractivity contribution in [1.29, 1.82) is 0 Å². The summed E-state index contributed by atoms with van der Waals surface area (Å²) in [4.78, 5) is 25.9. The van der Waals surface area contributed by atoms with Crippen LogP contribution >= 0.6 is 0 Å². The van der Waals surface area contributed by atoms with Crippen molar-refractivity contribution in [2.45, 2.75) is 65.3 Å². The maximum absolute atomic E-state index is 13.1. The molecule has 2 bridgehead atoms. The average molecular weight is 320 g/mol. The molecular weight excluding hydrogens is 292 g/mol. The molecule has 2 aliphatic heterocycles. The van der Waals surface area contributed by atoms with Crippen LogP contribution in [0.5, 0.6) is 0 Å². The predicted molar refractivity (Wildman–Crippen MR) is 84.6 cm³/mol. The number of ether oxygens (including phenoxy) is 2. The van der Waals surface area contributed by atoms with Gasteiger partial charge in [-0.25, -0.2) is 0 Å². The van der Waals surface area contributed by atoms with Gasteiger partial charge in [-0.2, -0.15) is 0 Å². The first-order valence-electron chi connectivity index (χ1n) is 9.11. The second-order valence-corrected chi connectivity index (χ2v) is 8.81. The lowest BCUT2D eigenvalue weighted by molar-refractivity contribution is -0.376. The number of rotatable bonds is 0. The Labute approximate surface area is 138 Å². The number of carbonyl (C=O) groups excluding carboxylic acids is 2. The highest BCUT2D eigenvalue weighted by Gasteiger charge is 2.80. The number of hydrogen-bond acceptors (Lipinski definition) is 4. The molecule has 3 unspecified atom stereocenters. The third-order valence-electron chi connectivity index (χ3n) is 7.84. The van der Waals surface area contributed by atoms with E-state index in [0.717, 1.165) is 12.8 Å². The van der Waals surface area contributed by atoms with E-state index in [-0.39, 0.29) is 35.2 Å². The van der Waals surface area contributed by atoms with Crippen LogP contribution < -0.4 is 0 Å². The van der Waals surface area contributed by atoms with Crippen molar-refractivity contribution in [2.24, 2.45) is 35.0 Å². The van der Waals surface area contributed by atoms with Crippen LogP contribution in [-0.4, -0.2) is 29.6 Å². The zero-order valence-electron chi connectivity index (χ0n) is 14.8. The lowest BCUT2D eigenvalue weighted by atomic mass is 9.61. The van der Waals surface area contributed by atoms with Gasteiger partial charge in [-0.15, -0.1) is 0 Å². The van der Waals surface area contributed by atoms with Crippen LogP contribution in [-0.2, 0) is 19.1 Å². The normalized spacial score (nSPS) is 58.7. The summed E-state index contributed by atoms with van der Waals surface area (Å²) < 4.78 is 13.0. The molecule has 2 saturated heterocycles. The largest absolute Gasteiger partial charge is 0.349 e. The first kappa shape index (κ1) is 15.8. The molecule has 4 fully saturated rings. The Hall–Kier alpha value is -0.740. The van der Waals surface area contributed by atoms with E-state index < -0.39 is 16.8 Å². The summed E-state index contributed by atoms with van der Waals surface area (Å²) in [6.07, 6.45) is 2.25. The molecule has 0 aromatic heterocycles. The highest BCUT2D eigenvalue weighted by molar-refractivity contribution is 6.02. The van der Waals surface area contributed by atoms with Crippen LogP contribution in [0.25, 0.3) is 0 Å². The summed E-state index contributed by atoms with van der Waals surface area (Å²) in [5.74, 6) is -0.0625. The summed E-state index contributed by atoms with van der Waals surface area (Å²) in [6, 6.07) is 0. The van der Waals surface area contributed by atoms with Crippen LogP contribution in [0.4, 0.5) is 0 Å². The molecule has 2 aliphatic carbocycles. The van der Waals surface area contributed by atoms with Crippen LogP contribution in [0.15, 0.2) is 0 Å². The van der Waals surface area contributed by atoms with Gasteiger partial charge in [0.05, 0.1) is 17.6 Å². The number of carbonyl (C=O) groups is 2. The van der Waals surface area contributed by atoms with E-state index in [1.54, 1.807) is 0 Å². The Balaban J connectivity index is 1.84. The molecule has 4 nitrogen and oxygen atoms in total. The summed E-state index contributed by atoms with van der Waals surface area (Å²) in [5, 5.41) is 0. The van der Waals surface area contributed by atoms with Gasteiger partial charge >= 0.3 is 0 Å². The van der Waals surface area contributed by atoms with Crippen molar-refractivity contribution in [3.05, 3.63) is 0 Å². The first-order valence-corrected chi connectivity index (χ1v) is 9.11. The van der Waals surface area contributed by atoms with Gasteiger partial charge in [0.1, 0.15) is 11.6 Å². The van der Waals surface area contributed by atoms with Crippen LogP contribution in [0.1, 0.15) is 53.9 Å². The van der Waals surface area contributed by atoms with Crippen molar-refractivity contribution in [1.82, 2.24) is 0 Å². The summed E-state index contributed by atoms with van der Waals surface area (Å²) in [7, 11) is 0. The lowest BCUT2D eigenvalue weighted by Crippen LogP contribution is -2.65. The van der Waals surface area contributed by atoms with Crippen molar-refractivity contribution >= 4 is 11.6 Å². The topological polar surface area (TPSA) is 52.6 Å². The molecule has 0 amide bonds. The summed E-state index contributed by atoms with van der Waals surface area (Å²) in [5.41, 5.74) is -1.35. The molecule has 0 aromatic rings. The average Bonchev–Trinajstić information content (AvgIpc) is 2.76. The van der Waals surface area contributed by atoms with Crippen molar-refractivity contribution in [3.8, 4) is 0 Å². The lowest BCUT2D eigenvalue weighted by Gasteiger charge is -2.57. The van der Waals surface area contributed by atoms with Gasteiger partial charge in [-0.1, -0.05) is 27.7 Å². The van der Waals surface area contributed by atoms with Crippen LogP contribution in [0.2, 0.25) is 0 Å². The molecule has 0 N–H and O–H groups in total. The molecule has 4 heteroatoms. The highest BCUT2D eigenvalue weighted by atomic mass is 16.7. The van der Waals surface area contributed by atoms with Gasteiger partial charge in [-0.05, 0) is 25.2 Å². The molecule has 4 aliphatic rings. The van der Waals surface area contributed by atoms with Gasteiger partial charge in [0.25, 0.3) is 0 Å². The monoisotopic (exact) mass is 320 g/mol. The predicted octanol–water partition coefficient (Wildman–Crippen LogP) is 2.98. The molecule has 128 valence electrons. The molecule has 0 radical (unpaired) electrons. The molecule has 1 spiro atoms. The first-order chi connectivity index (χ1) is 10.7. The maximum Gasteiger partial charge on any atom is 0.172 e. The van der Waals surface area contributed by atoms with Gasteiger partial charge < -0.3 is 9.47 Å². The minimum Gasteiger partial charge on any atom is -0.349 e. The fourth-order valence-corrected chi connectivity index (χ4v) is 6.23. The van der Waals surface area contributed by atoms with Gasteiger partial charge in [0, 0.05) is 30.6 Å². The Morgan fingerprint density at radius 3 is 2.39 bits per heavy atom. The van der Waals surface area contributed by atoms with Crippen molar-refractivity contribution in [3.63, 3.8) is 0 Å². The summed E-state index contributed by atoms with van der Waals surface area (Å²) >= 11 is 0. The Bertz CT molecular complexity index is 576. The SMILES string of the molecule is CC1CC[C@@]2(OC1)O[C@]13CC(=O)[C@H]([C@@H]2C)[C@@]1(C)C(=O)C(C)C3C. The quantitative estimate of drug-likeness (QED) is 0.688. The molecule has 23 heavy (non-hydrogen) atoms. The Morgan fingerprint density at radius 1 is 1.09 bits per heavy atom. The second kappa shape index (κ2) is 4.45. The second-order valence-electron chi connectivity index (χ2n) is 8.81. The number of ketones is 2. The highest BCUT2D eigenvalue weighted by Crippen LogP contribution is 2.70. The summed E-state index contributed by atoms with van der Waals surface area (Å²) in [6.45, 7) is 11.0. The van der Waals surface area contributed by atoms with E-state index in [1.165, 1.54) is 0 Å². The molecular formula is C19H28O4. The van der Waals surface area contributed by atoms with Gasteiger partial charge in [-0.3, -0.25) is 9.59 Å². The molecule has 8 atom stereocenters. The number of hydrogen-bond donors (Lipinski definition) is 0.